The maximum Gasteiger partial charge on any atom is 0.251 e. The molecule has 0 unspecified atom stereocenters. The molecule has 118 valence electrons. The van der Waals surface area contributed by atoms with Crippen molar-refractivity contribution in [3.63, 3.8) is 0 Å². The lowest BCUT2D eigenvalue weighted by atomic mass is 10.1. The first kappa shape index (κ1) is 15.4. The Labute approximate surface area is 139 Å². The monoisotopic (exact) mass is 326 g/mol. The van der Waals surface area contributed by atoms with E-state index in [0.717, 1.165) is 29.2 Å². The van der Waals surface area contributed by atoms with Gasteiger partial charge in [-0.15, -0.1) is 0 Å². The number of amides is 1. The highest BCUT2D eigenvalue weighted by Gasteiger charge is 2.07. The number of carbonyl (C=O) groups is 1. The van der Waals surface area contributed by atoms with Gasteiger partial charge in [0.25, 0.3) is 5.91 Å². The van der Waals surface area contributed by atoms with E-state index in [2.05, 4.69) is 43.2 Å². The van der Waals surface area contributed by atoms with E-state index >= 15 is 0 Å². The Balaban J connectivity index is 1.56. The quantitative estimate of drug-likeness (QED) is 0.783. The standard InChI is InChI=1S/C17H18N4OS/c1-21(2)14-6-3-12(4-7-14)9-10-18-17(22)13-5-8-15-16(11-13)20-23-19-15/h3-8,11H,9-10H2,1-2H3,(H,18,22). The molecule has 1 aromatic heterocycles. The van der Waals surface area contributed by atoms with Crippen LogP contribution in [0.3, 0.4) is 0 Å². The van der Waals surface area contributed by atoms with Crippen LogP contribution in [0.2, 0.25) is 0 Å². The van der Waals surface area contributed by atoms with Crippen molar-refractivity contribution in [1.82, 2.24) is 14.1 Å². The summed E-state index contributed by atoms with van der Waals surface area (Å²) in [7, 11) is 4.04. The minimum atomic E-state index is -0.0789. The molecule has 5 nitrogen and oxygen atoms in total. The first-order valence-electron chi connectivity index (χ1n) is 7.40. The average Bonchev–Trinajstić information content (AvgIpc) is 3.02. The Morgan fingerprint density at radius 1 is 1.09 bits per heavy atom. The van der Waals surface area contributed by atoms with Gasteiger partial charge in [-0.3, -0.25) is 4.79 Å². The van der Waals surface area contributed by atoms with Crippen LogP contribution in [-0.2, 0) is 6.42 Å². The second kappa shape index (κ2) is 6.75. The minimum Gasteiger partial charge on any atom is -0.378 e. The smallest absolute Gasteiger partial charge is 0.251 e. The second-order valence-electron chi connectivity index (χ2n) is 5.53. The van der Waals surface area contributed by atoms with E-state index in [-0.39, 0.29) is 5.91 Å². The molecule has 23 heavy (non-hydrogen) atoms. The van der Waals surface area contributed by atoms with Crippen LogP contribution in [0.25, 0.3) is 11.0 Å². The Kier molecular flexibility index (Phi) is 4.52. The lowest BCUT2D eigenvalue weighted by molar-refractivity contribution is 0.0954. The van der Waals surface area contributed by atoms with Crippen molar-refractivity contribution in [2.45, 2.75) is 6.42 Å². The Bertz CT molecular complexity index is 811. The fourth-order valence-corrected chi connectivity index (χ4v) is 2.82. The van der Waals surface area contributed by atoms with E-state index in [9.17, 15) is 4.79 Å². The molecule has 3 rings (SSSR count). The summed E-state index contributed by atoms with van der Waals surface area (Å²) in [5.74, 6) is -0.0789. The largest absolute Gasteiger partial charge is 0.378 e. The van der Waals surface area contributed by atoms with Crippen LogP contribution in [0.4, 0.5) is 5.69 Å². The minimum absolute atomic E-state index is 0.0789. The molecule has 0 bridgehead atoms. The molecule has 6 heteroatoms. The summed E-state index contributed by atoms with van der Waals surface area (Å²) in [6.45, 7) is 0.605. The predicted molar refractivity (Wildman–Crippen MR) is 94.2 cm³/mol. The maximum atomic E-state index is 12.2. The summed E-state index contributed by atoms with van der Waals surface area (Å²) in [5.41, 5.74) is 4.58. The molecule has 0 aliphatic rings. The van der Waals surface area contributed by atoms with E-state index in [0.29, 0.717) is 12.1 Å². The van der Waals surface area contributed by atoms with Crippen molar-refractivity contribution in [1.29, 1.82) is 0 Å². The van der Waals surface area contributed by atoms with E-state index in [4.69, 9.17) is 0 Å². The number of nitrogens with zero attached hydrogens (tertiary/aromatic N) is 3. The Morgan fingerprint density at radius 2 is 1.83 bits per heavy atom. The molecule has 0 atom stereocenters. The average molecular weight is 326 g/mol. The molecule has 0 aliphatic heterocycles. The molecule has 0 saturated carbocycles. The predicted octanol–water partition coefficient (Wildman–Crippen LogP) is 2.73. The number of nitrogens with one attached hydrogen (secondary N) is 1. The number of hydrogen-bond acceptors (Lipinski definition) is 5. The maximum absolute atomic E-state index is 12.2. The van der Waals surface area contributed by atoms with Gasteiger partial charge >= 0.3 is 0 Å². The zero-order valence-corrected chi connectivity index (χ0v) is 13.9. The van der Waals surface area contributed by atoms with Gasteiger partial charge in [0.15, 0.2) is 0 Å². The van der Waals surface area contributed by atoms with E-state index < -0.39 is 0 Å². The van der Waals surface area contributed by atoms with Crippen molar-refractivity contribution >= 4 is 34.4 Å². The van der Waals surface area contributed by atoms with Gasteiger partial charge in [-0.05, 0) is 42.3 Å². The first-order valence-corrected chi connectivity index (χ1v) is 8.13. The van der Waals surface area contributed by atoms with Gasteiger partial charge in [0, 0.05) is 31.9 Å². The molecule has 3 aromatic rings. The van der Waals surface area contributed by atoms with Crippen molar-refractivity contribution in [2.24, 2.45) is 0 Å². The molecule has 1 amide bonds. The molecule has 0 aliphatic carbocycles. The fraction of sp³-hybridized carbons (Fsp3) is 0.235. The normalized spacial score (nSPS) is 10.7. The topological polar surface area (TPSA) is 58.1 Å². The summed E-state index contributed by atoms with van der Waals surface area (Å²) in [5, 5.41) is 2.95. The van der Waals surface area contributed by atoms with Crippen LogP contribution in [-0.4, -0.2) is 35.3 Å². The highest BCUT2D eigenvalue weighted by Crippen LogP contribution is 2.14. The van der Waals surface area contributed by atoms with Crippen LogP contribution in [0, 0.1) is 0 Å². The lowest BCUT2D eigenvalue weighted by Crippen LogP contribution is -2.25. The number of benzene rings is 2. The van der Waals surface area contributed by atoms with Crippen molar-refractivity contribution in [3.05, 3.63) is 53.6 Å². The molecular formula is C17H18N4OS. The lowest BCUT2D eigenvalue weighted by Gasteiger charge is -2.12. The highest BCUT2D eigenvalue weighted by atomic mass is 32.1. The summed E-state index contributed by atoms with van der Waals surface area (Å²) in [6, 6.07) is 13.7. The third-order valence-electron chi connectivity index (χ3n) is 3.67. The van der Waals surface area contributed by atoms with Crippen molar-refractivity contribution in [2.75, 3.05) is 25.5 Å². The molecule has 1 heterocycles. The Hall–Kier alpha value is -2.47. The van der Waals surface area contributed by atoms with Crippen LogP contribution >= 0.6 is 11.7 Å². The van der Waals surface area contributed by atoms with Gasteiger partial charge in [-0.1, -0.05) is 12.1 Å². The summed E-state index contributed by atoms with van der Waals surface area (Å²) in [4.78, 5) is 14.2. The highest BCUT2D eigenvalue weighted by molar-refractivity contribution is 7.00. The van der Waals surface area contributed by atoms with Gasteiger partial charge in [0.1, 0.15) is 11.0 Å². The molecule has 0 radical (unpaired) electrons. The molecule has 0 fully saturated rings. The van der Waals surface area contributed by atoms with Gasteiger partial charge in [0.2, 0.25) is 0 Å². The van der Waals surface area contributed by atoms with E-state index in [1.807, 2.05) is 20.2 Å². The number of hydrogen-bond donors (Lipinski definition) is 1. The van der Waals surface area contributed by atoms with Gasteiger partial charge in [-0.2, -0.15) is 8.75 Å². The third kappa shape index (κ3) is 3.65. The van der Waals surface area contributed by atoms with E-state index in [1.165, 1.54) is 11.3 Å². The molecule has 0 spiro atoms. The molecule has 1 N–H and O–H groups in total. The zero-order valence-electron chi connectivity index (χ0n) is 13.1. The molecule has 0 saturated heterocycles. The number of anilines is 1. The van der Waals surface area contributed by atoms with Crippen LogP contribution in [0.15, 0.2) is 42.5 Å². The number of carbonyl (C=O) groups excluding carboxylic acids is 1. The number of aromatic nitrogens is 2. The van der Waals surface area contributed by atoms with Crippen molar-refractivity contribution < 1.29 is 4.79 Å². The molecular weight excluding hydrogens is 308 g/mol. The van der Waals surface area contributed by atoms with Crippen LogP contribution in [0.5, 0.6) is 0 Å². The summed E-state index contributed by atoms with van der Waals surface area (Å²) < 4.78 is 8.29. The fourth-order valence-electron chi connectivity index (χ4n) is 2.31. The van der Waals surface area contributed by atoms with Crippen molar-refractivity contribution in [3.8, 4) is 0 Å². The second-order valence-corrected chi connectivity index (χ2v) is 6.06. The first-order chi connectivity index (χ1) is 11.1. The van der Waals surface area contributed by atoms with Gasteiger partial charge < -0.3 is 10.2 Å². The third-order valence-corrected chi connectivity index (χ3v) is 4.22. The Morgan fingerprint density at radius 3 is 2.57 bits per heavy atom. The zero-order chi connectivity index (χ0) is 16.2. The van der Waals surface area contributed by atoms with Gasteiger partial charge in [-0.25, -0.2) is 0 Å². The van der Waals surface area contributed by atoms with Crippen LogP contribution < -0.4 is 10.2 Å². The summed E-state index contributed by atoms with van der Waals surface area (Å²) in [6.07, 6.45) is 0.806. The summed E-state index contributed by atoms with van der Waals surface area (Å²) >= 11 is 1.16. The number of fused-ring (bicyclic) bond motifs is 1. The van der Waals surface area contributed by atoms with Gasteiger partial charge in [0.05, 0.1) is 11.7 Å². The SMILES string of the molecule is CN(C)c1ccc(CCNC(=O)c2ccc3nsnc3c2)cc1. The number of rotatable bonds is 5. The van der Waals surface area contributed by atoms with E-state index in [1.54, 1.807) is 12.1 Å². The van der Waals surface area contributed by atoms with Crippen LogP contribution in [0.1, 0.15) is 15.9 Å². The molecule has 2 aromatic carbocycles.